The summed E-state index contributed by atoms with van der Waals surface area (Å²) in [6.07, 6.45) is 3.18. The fourth-order valence-corrected chi connectivity index (χ4v) is 4.62. The van der Waals surface area contributed by atoms with Crippen molar-refractivity contribution in [3.8, 4) is 0 Å². The number of nitrogens with zero attached hydrogens (tertiary/aromatic N) is 1. The van der Waals surface area contributed by atoms with Crippen molar-refractivity contribution in [2.45, 2.75) is 71.7 Å². The lowest BCUT2D eigenvalue weighted by molar-refractivity contribution is -0.138. The third-order valence-electron chi connectivity index (χ3n) is 7.12. The summed E-state index contributed by atoms with van der Waals surface area (Å²) in [5.41, 5.74) is 13.0. The molecule has 0 aliphatic carbocycles. The normalized spacial score (nSPS) is 13.1. The van der Waals surface area contributed by atoms with Crippen LogP contribution in [0.5, 0.6) is 0 Å². The number of ether oxygens (including phenoxy) is 1. The van der Waals surface area contributed by atoms with Gasteiger partial charge < -0.3 is 32.2 Å². The standard InChI is InChI=1S/C34H49N7O5/c1-23(2)20-28(40-31(43)27(35)16-11-19-38-33(36)37)32(44)41(34(45)46-22-26-14-9-6-10-15-26)29(24(3)4)21-39-30(42)18-17-25-12-7-5-8-13-25/h5-10,12-15,17-18,23-24,27-29H,11,16,19-22,35H2,1-4H3,(H,39,42)(H,40,43)(H4,36,37,38)/b18-17+/t27-,28+,29-/m1/s1. The Morgan fingerprint density at radius 3 is 2.17 bits per heavy atom. The number of rotatable bonds is 17. The van der Waals surface area contributed by atoms with Crippen molar-refractivity contribution in [1.29, 1.82) is 5.41 Å². The van der Waals surface area contributed by atoms with E-state index in [0.717, 1.165) is 16.0 Å². The summed E-state index contributed by atoms with van der Waals surface area (Å²) in [7, 11) is 0. The molecule has 0 unspecified atom stereocenters. The van der Waals surface area contributed by atoms with Crippen molar-refractivity contribution in [2.75, 3.05) is 13.1 Å². The lowest BCUT2D eigenvalue weighted by atomic mass is 9.98. The van der Waals surface area contributed by atoms with Gasteiger partial charge in [0.2, 0.25) is 11.8 Å². The van der Waals surface area contributed by atoms with E-state index in [1.165, 1.54) is 6.08 Å². The van der Waals surface area contributed by atoms with Crippen LogP contribution in [-0.4, -0.2) is 65.9 Å². The van der Waals surface area contributed by atoms with Gasteiger partial charge in [-0.2, -0.15) is 0 Å². The predicted molar refractivity (Wildman–Crippen MR) is 179 cm³/mol. The Labute approximate surface area is 271 Å². The third kappa shape index (κ3) is 13.5. The van der Waals surface area contributed by atoms with Crippen LogP contribution in [0.15, 0.2) is 66.7 Å². The summed E-state index contributed by atoms with van der Waals surface area (Å²) in [5, 5.41) is 15.5. The van der Waals surface area contributed by atoms with E-state index in [1.807, 2.05) is 76.2 Å². The Morgan fingerprint density at radius 1 is 0.957 bits per heavy atom. The van der Waals surface area contributed by atoms with Crippen molar-refractivity contribution in [1.82, 2.24) is 20.9 Å². The smallest absolute Gasteiger partial charge is 0.417 e. The minimum Gasteiger partial charge on any atom is -0.444 e. The topological polar surface area (TPSA) is 193 Å². The van der Waals surface area contributed by atoms with Gasteiger partial charge in [-0.3, -0.25) is 19.8 Å². The molecule has 0 radical (unpaired) electrons. The maximum Gasteiger partial charge on any atom is 0.417 e. The molecule has 0 saturated carbocycles. The van der Waals surface area contributed by atoms with Crippen molar-refractivity contribution < 1.29 is 23.9 Å². The quantitative estimate of drug-likeness (QED) is 0.0661. The summed E-state index contributed by atoms with van der Waals surface area (Å²) < 4.78 is 5.61. The second-order valence-corrected chi connectivity index (χ2v) is 11.8. The number of carbonyl (C=O) groups is 4. The zero-order chi connectivity index (χ0) is 34.1. The van der Waals surface area contributed by atoms with Crippen molar-refractivity contribution in [3.63, 3.8) is 0 Å². The van der Waals surface area contributed by atoms with Crippen LogP contribution in [-0.2, 0) is 25.7 Å². The fourth-order valence-electron chi connectivity index (χ4n) is 4.62. The van der Waals surface area contributed by atoms with E-state index < -0.39 is 41.9 Å². The summed E-state index contributed by atoms with van der Waals surface area (Å²) in [6.45, 7) is 7.74. The highest BCUT2D eigenvalue weighted by Gasteiger charge is 2.38. The molecule has 0 aliphatic heterocycles. The van der Waals surface area contributed by atoms with Crippen molar-refractivity contribution in [3.05, 3.63) is 77.9 Å². The summed E-state index contributed by atoms with van der Waals surface area (Å²) in [6, 6.07) is 15.6. The molecule has 4 amide bonds. The highest BCUT2D eigenvalue weighted by molar-refractivity contribution is 5.98. The van der Waals surface area contributed by atoms with Gasteiger partial charge in [-0.25, -0.2) is 9.69 Å². The predicted octanol–water partition coefficient (Wildman–Crippen LogP) is 3.13. The summed E-state index contributed by atoms with van der Waals surface area (Å²) in [4.78, 5) is 54.8. The van der Waals surface area contributed by atoms with Crippen LogP contribution in [0.4, 0.5) is 4.79 Å². The molecule has 0 heterocycles. The fraction of sp³-hybridized carbons (Fsp3) is 0.441. The SMILES string of the molecule is CC(C)C[C@H](NC(=O)[C@H](N)CCCNC(=N)N)C(=O)N(C(=O)OCc1ccccc1)[C@H](CNC(=O)/C=C/c1ccccc1)C(C)C. The average Bonchev–Trinajstić information content (AvgIpc) is 3.02. The molecule has 0 saturated heterocycles. The zero-order valence-corrected chi connectivity index (χ0v) is 27.2. The zero-order valence-electron chi connectivity index (χ0n) is 27.2. The van der Waals surface area contributed by atoms with E-state index in [-0.39, 0.29) is 43.8 Å². The maximum absolute atomic E-state index is 14.2. The number of nitrogens with one attached hydrogen (secondary N) is 4. The molecule has 0 spiro atoms. The molecule has 12 nitrogen and oxygen atoms in total. The first kappa shape index (κ1) is 37.5. The molecule has 0 fully saturated rings. The van der Waals surface area contributed by atoms with Crippen LogP contribution in [0.3, 0.4) is 0 Å². The first-order chi connectivity index (χ1) is 21.9. The number of hydrogen-bond acceptors (Lipinski definition) is 7. The first-order valence-corrected chi connectivity index (χ1v) is 15.6. The van der Waals surface area contributed by atoms with Gasteiger partial charge in [-0.1, -0.05) is 88.4 Å². The molecule has 0 aromatic heterocycles. The van der Waals surface area contributed by atoms with Crippen LogP contribution >= 0.6 is 0 Å². The van der Waals surface area contributed by atoms with Gasteiger partial charge in [-0.15, -0.1) is 0 Å². The van der Waals surface area contributed by atoms with E-state index in [9.17, 15) is 19.2 Å². The van der Waals surface area contributed by atoms with E-state index in [4.69, 9.17) is 21.6 Å². The molecule has 2 aromatic carbocycles. The maximum atomic E-state index is 14.2. The van der Waals surface area contributed by atoms with Gasteiger partial charge in [0.25, 0.3) is 5.91 Å². The van der Waals surface area contributed by atoms with Crippen LogP contribution in [0, 0.1) is 17.2 Å². The summed E-state index contributed by atoms with van der Waals surface area (Å²) >= 11 is 0. The Kier molecular flexibility index (Phi) is 16.0. The van der Waals surface area contributed by atoms with E-state index in [2.05, 4.69) is 16.0 Å². The number of imide groups is 1. The summed E-state index contributed by atoms with van der Waals surface area (Å²) in [5.74, 6) is -2.07. The molecule has 2 aromatic rings. The first-order valence-electron chi connectivity index (χ1n) is 15.6. The third-order valence-corrected chi connectivity index (χ3v) is 7.12. The van der Waals surface area contributed by atoms with Gasteiger partial charge in [0.1, 0.15) is 12.6 Å². The number of carbonyl (C=O) groups excluding carboxylic acids is 4. The Morgan fingerprint density at radius 2 is 1.59 bits per heavy atom. The number of hydrogen-bond donors (Lipinski definition) is 6. The minimum atomic E-state index is -1.08. The van der Waals surface area contributed by atoms with Crippen LogP contribution < -0.4 is 27.4 Å². The number of benzene rings is 2. The molecular weight excluding hydrogens is 586 g/mol. The molecular formula is C34H49N7O5. The number of guanidine groups is 1. The van der Waals surface area contributed by atoms with Gasteiger partial charge in [-0.05, 0) is 48.3 Å². The van der Waals surface area contributed by atoms with Crippen molar-refractivity contribution >= 4 is 35.9 Å². The molecule has 3 atom stereocenters. The van der Waals surface area contributed by atoms with Crippen LogP contribution in [0.2, 0.25) is 0 Å². The van der Waals surface area contributed by atoms with Crippen molar-refractivity contribution in [2.24, 2.45) is 23.3 Å². The molecule has 12 heteroatoms. The lowest BCUT2D eigenvalue weighted by Crippen LogP contribution is -2.59. The molecule has 46 heavy (non-hydrogen) atoms. The molecule has 0 bridgehead atoms. The molecule has 250 valence electrons. The van der Waals surface area contributed by atoms with Crippen LogP contribution in [0.1, 0.15) is 58.1 Å². The highest BCUT2D eigenvalue weighted by Crippen LogP contribution is 2.18. The highest BCUT2D eigenvalue weighted by atomic mass is 16.6. The van der Waals surface area contributed by atoms with Gasteiger partial charge in [0, 0.05) is 19.2 Å². The number of amides is 4. The second-order valence-electron chi connectivity index (χ2n) is 11.8. The van der Waals surface area contributed by atoms with E-state index in [0.29, 0.717) is 13.0 Å². The number of nitrogens with two attached hydrogens (primary N) is 2. The van der Waals surface area contributed by atoms with Gasteiger partial charge in [0.05, 0.1) is 12.1 Å². The minimum absolute atomic E-state index is 0.0206. The lowest BCUT2D eigenvalue weighted by Gasteiger charge is -2.35. The van der Waals surface area contributed by atoms with Gasteiger partial charge >= 0.3 is 6.09 Å². The second kappa shape index (κ2) is 19.6. The molecule has 8 N–H and O–H groups in total. The van der Waals surface area contributed by atoms with E-state index >= 15 is 0 Å². The largest absolute Gasteiger partial charge is 0.444 e. The molecule has 2 rings (SSSR count). The molecule has 0 aliphatic rings. The average molecular weight is 636 g/mol. The van der Waals surface area contributed by atoms with Crippen LogP contribution in [0.25, 0.3) is 6.08 Å². The Balaban J connectivity index is 2.29. The Bertz CT molecular complexity index is 1300. The van der Waals surface area contributed by atoms with E-state index in [1.54, 1.807) is 18.2 Å². The Hall–Kier alpha value is -4.71. The monoisotopic (exact) mass is 635 g/mol. The van der Waals surface area contributed by atoms with Gasteiger partial charge in [0.15, 0.2) is 5.96 Å².